The lowest BCUT2D eigenvalue weighted by atomic mass is 9.91. The molecule has 1 rings (SSSR count). The topological polar surface area (TPSA) is 152 Å². The monoisotopic (exact) mass is 430 g/mol. The molecule has 170 valence electrons. The van der Waals surface area contributed by atoms with Crippen LogP contribution in [0, 0.1) is 0 Å². The number of aryl methyl sites for hydroxylation is 1. The first-order valence-electron chi connectivity index (χ1n) is 9.67. The number of aromatic carboxylic acids is 2. The Hall–Kier alpha value is -2.08. The molecule has 4 N–H and O–H groups in total. The fourth-order valence-electron chi connectivity index (χ4n) is 2.92. The first kappa shape index (κ1) is 26.0. The Bertz CT molecular complexity index is 647. The van der Waals surface area contributed by atoms with Gasteiger partial charge in [-0.25, -0.2) is 9.59 Å². The van der Waals surface area contributed by atoms with Gasteiger partial charge in [0, 0.05) is 13.2 Å². The van der Waals surface area contributed by atoms with Crippen LogP contribution in [0.1, 0.15) is 44.7 Å². The van der Waals surface area contributed by atoms with Crippen molar-refractivity contribution in [1.29, 1.82) is 0 Å². The van der Waals surface area contributed by atoms with Crippen molar-refractivity contribution in [2.24, 2.45) is 0 Å². The van der Waals surface area contributed by atoms with Gasteiger partial charge in [0.1, 0.15) is 13.6 Å². The van der Waals surface area contributed by atoms with Gasteiger partial charge in [0.2, 0.25) is 0 Å². The highest BCUT2D eigenvalue weighted by molar-refractivity contribution is 5.97. The van der Waals surface area contributed by atoms with Gasteiger partial charge in [-0.1, -0.05) is 6.07 Å². The number of carboxylic acid groups (broad SMARTS) is 2. The van der Waals surface area contributed by atoms with E-state index >= 15 is 0 Å². The highest BCUT2D eigenvalue weighted by Crippen LogP contribution is 2.23. The lowest BCUT2D eigenvalue weighted by Gasteiger charge is -2.15. The number of ether oxygens (including phenoxy) is 4. The van der Waals surface area contributed by atoms with E-state index in [1.165, 1.54) is 12.1 Å². The van der Waals surface area contributed by atoms with Crippen LogP contribution < -0.4 is 0 Å². The number of aliphatic hydroxyl groups excluding tert-OH is 2. The average molecular weight is 430 g/mol. The summed E-state index contributed by atoms with van der Waals surface area (Å²) in [7, 11) is 0. The van der Waals surface area contributed by atoms with Crippen molar-refractivity contribution in [3.63, 3.8) is 0 Å². The summed E-state index contributed by atoms with van der Waals surface area (Å²) < 4.78 is 20.2. The van der Waals surface area contributed by atoms with Gasteiger partial charge in [0.25, 0.3) is 0 Å². The molecule has 10 heteroatoms. The van der Waals surface area contributed by atoms with Crippen LogP contribution in [-0.4, -0.2) is 85.6 Å². The minimum atomic E-state index is -1.18. The molecule has 0 aromatic heterocycles. The van der Waals surface area contributed by atoms with E-state index in [2.05, 4.69) is 0 Å². The van der Waals surface area contributed by atoms with E-state index in [0.717, 1.165) is 0 Å². The molecule has 1 aromatic carbocycles. The van der Waals surface area contributed by atoms with E-state index in [0.29, 0.717) is 44.6 Å². The van der Waals surface area contributed by atoms with E-state index in [9.17, 15) is 19.8 Å². The lowest BCUT2D eigenvalue weighted by Crippen LogP contribution is -2.15. The summed E-state index contributed by atoms with van der Waals surface area (Å²) >= 11 is 0. The summed E-state index contributed by atoms with van der Waals surface area (Å²) in [4.78, 5) is 23.5. The Morgan fingerprint density at radius 3 is 1.73 bits per heavy atom. The molecule has 0 saturated carbocycles. The van der Waals surface area contributed by atoms with Crippen LogP contribution in [0.4, 0.5) is 0 Å². The van der Waals surface area contributed by atoms with Crippen molar-refractivity contribution in [3.05, 3.63) is 34.4 Å². The summed E-state index contributed by atoms with van der Waals surface area (Å²) in [6.07, 6.45) is 1.66. The molecule has 0 bridgehead atoms. The normalized spacial score (nSPS) is 11.0. The van der Waals surface area contributed by atoms with E-state index < -0.39 is 11.9 Å². The van der Waals surface area contributed by atoms with Crippen molar-refractivity contribution < 1.29 is 49.0 Å². The highest BCUT2D eigenvalue weighted by atomic mass is 16.6. The minimum Gasteiger partial charge on any atom is -0.478 e. The number of benzene rings is 1. The molecule has 0 aliphatic heterocycles. The molecular formula is C20H30O10. The van der Waals surface area contributed by atoms with Crippen molar-refractivity contribution >= 4 is 11.9 Å². The second-order valence-corrected chi connectivity index (χ2v) is 6.24. The molecular weight excluding hydrogens is 400 g/mol. The van der Waals surface area contributed by atoms with Gasteiger partial charge in [-0.05, 0) is 42.9 Å². The zero-order chi connectivity index (χ0) is 22.2. The lowest BCUT2D eigenvalue weighted by molar-refractivity contribution is -0.0294. The van der Waals surface area contributed by atoms with E-state index in [-0.39, 0.29) is 56.5 Å². The summed E-state index contributed by atoms with van der Waals surface area (Å²) in [6, 6.07) is 2.97. The maximum atomic E-state index is 11.9. The van der Waals surface area contributed by atoms with Gasteiger partial charge in [-0.3, -0.25) is 0 Å². The first-order chi connectivity index (χ1) is 14.5. The Kier molecular flexibility index (Phi) is 13.6. The fourth-order valence-corrected chi connectivity index (χ4v) is 2.92. The number of hydrogen-bond acceptors (Lipinski definition) is 8. The van der Waals surface area contributed by atoms with Crippen LogP contribution >= 0.6 is 0 Å². The Balaban J connectivity index is 2.74. The largest absolute Gasteiger partial charge is 0.478 e. The van der Waals surface area contributed by atoms with Crippen LogP contribution in [0.15, 0.2) is 12.1 Å². The summed E-state index contributed by atoms with van der Waals surface area (Å²) in [5.41, 5.74) is 0.814. The van der Waals surface area contributed by atoms with Crippen LogP contribution in [0.25, 0.3) is 0 Å². The zero-order valence-electron chi connectivity index (χ0n) is 16.9. The van der Waals surface area contributed by atoms with Crippen LogP contribution in [0.3, 0.4) is 0 Å². The second-order valence-electron chi connectivity index (χ2n) is 6.24. The Labute approximate surface area is 174 Å². The van der Waals surface area contributed by atoms with Crippen molar-refractivity contribution in [2.45, 2.75) is 25.7 Å². The average Bonchev–Trinajstić information content (AvgIpc) is 2.71. The van der Waals surface area contributed by atoms with Crippen molar-refractivity contribution in [1.82, 2.24) is 0 Å². The molecule has 0 amide bonds. The van der Waals surface area contributed by atoms with Gasteiger partial charge >= 0.3 is 11.9 Å². The molecule has 30 heavy (non-hydrogen) atoms. The Morgan fingerprint density at radius 1 is 0.700 bits per heavy atom. The number of rotatable bonds is 18. The van der Waals surface area contributed by atoms with Gasteiger partial charge in [0.15, 0.2) is 0 Å². The standard InChI is InChI=1S/C20H30O10/c21-13-29-11-9-27-7-1-3-15-5-6-17(19(23)24)16(18(15)20(25)26)4-2-8-28-10-12-30-14-22/h5-6,21-22H,1-4,7-14H2,(H,23,24)(H,25,26). The fraction of sp³-hybridized carbons (Fsp3) is 0.600. The highest BCUT2D eigenvalue weighted by Gasteiger charge is 2.21. The van der Waals surface area contributed by atoms with Crippen LogP contribution in [-0.2, 0) is 31.8 Å². The minimum absolute atomic E-state index is 0.0159. The van der Waals surface area contributed by atoms with Gasteiger partial charge in [-0.2, -0.15) is 0 Å². The number of carboxylic acids is 2. The summed E-state index contributed by atoms with van der Waals surface area (Å²) in [6.45, 7) is 1.03. The molecule has 0 fully saturated rings. The molecule has 0 spiro atoms. The van der Waals surface area contributed by atoms with E-state index in [1.807, 2.05) is 0 Å². The molecule has 0 aliphatic rings. The third kappa shape index (κ3) is 9.61. The van der Waals surface area contributed by atoms with Crippen LogP contribution in [0.5, 0.6) is 0 Å². The smallest absolute Gasteiger partial charge is 0.336 e. The van der Waals surface area contributed by atoms with Gasteiger partial charge in [-0.15, -0.1) is 0 Å². The molecule has 0 saturated heterocycles. The summed E-state index contributed by atoms with van der Waals surface area (Å²) in [5.74, 6) is -2.35. The van der Waals surface area contributed by atoms with Gasteiger partial charge in [0.05, 0.1) is 37.6 Å². The molecule has 0 atom stereocenters. The van der Waals surface area contributed by atoms with Crippen molar-refractivity contribution in [3.8, 4) is 0 Å². The van der Waals surface area contributed by atoms with Gasteiger partial charge < -0.3 is 39.4 Å². The molecule has 0 aliphatic carbocycles. The predicted molar refractivity (Wildman–Crippen MR) is 105 cm³/mol. The zero-order valence-corrected chi connectivity index (χ0v) is 16.9. The maximum Gasteiger partial charge on any atom is 0.336 e. The molecule has 0 heterocycles. The first-order valence-corrected chi connectivity index (χ1v) is 9.67. The number of hydrogen-bond donors (Lipinski definition) is 4. The summed E-state index contributed by atoms with van der Waals surface area (Å²) in [5, 5.41) is 36.2. The molecule has 0 radical (unpaired) electrons. The number of aliphatic hydroxyl groups is 2. The molecule has 10 nitrogen and oxygen atoms in total. The van der Waals surface area contributed by atoms with Crippen molar-refractivity contribution in [2.75, 3.05) is 53.2 Å². The number of carbonyl (C=O) groups is 2. The van der Waals surface area contributed by atoms with E-state index in [1.54, 1.807) is 0 Å². The third-order valence-electron chi connectivity index (χ3n) is 4.22. The second kappa shape index (κ2) is 15.7. The maximum absolute atomic E-state index is 11.9. The SMILES string of the molecule is O=C(O)c1ccc(CCCOCCOCO)c(C(=O)O)c1CCCOCCOCO. The van der Waals surface area contributed by atoms with E-state index in [4.69, 9.17) is 29.2 Å². The molecule has 1 aromatic rings. The quantitative estimate of drug-likeness (QED) is 0.195. The molecule has 0 unspecified atom stereocenters. The van der Waals surface area contributed by atoms with Crippen LogP contribution in [0.2, 0.25) is 0 Å². The Morgan fingerprint density at radius 2 is 1.23 bits per heavy atom. The third-order valence-corrected chi connectivity index (χ3v) is 4.22. The predicted octanol–water partition coefficient (Wildman–Crippen LogP) is 0.914.